The number of benzene rings is 1. The van der Waals surface area contributed by atoms with Crippen LogP contribution >= 0.6 is 0 Å². The van der Waals surface area contributed by atoms with Crippen molar-refractivity contribution in [3.63, 3.8) is 0 Å². The number of rotatable bonds is 6. The fourth-order valence-electron chi connectivity index (χ4n) is 2.00. The summed E-state index contributed by atoms with van der Waals surface area (Å²) in [6, 6.07) is 9.97. The Hall–Kier alpha value is -1.31. The van der Waals surface area contributed by atoms with Crippen LogP contribution in [0.1, 0.15) is 44.6 Å². The first-order valence-corrected chi connectivity index (χ1v) is 5.94. The Morgan fingerprint density at radius 1 is 1.31 bits per heavy atom. The lowest BCUT2D eigenvalue weighted by Gasteiger charge is -2.21. The number of unbranched alkanes of at least 4 members (excludes halogenated alkanes) is 1. The third-order valence-corrected chi connectivity index (χ3v) is 3.09. The van der Waals surface area contributed by atoms with E-state index in [9.17, 15) is 4.79 Å². The highest BCUT2D eigenvalue weighted by atomic mass is 16.4. The van der Waals surface area contributed by atoms with Gasteiger partial charge in [0.15, 0.2) is 0 Å². The molecule has 2 heteroatoms. The molecule has 0 saturated carbocycles. The smallest absolute Gasteiger partial charge is 0.306 e. The maximum Gasteiger partial charge on any atom is 0.306 e. The van der Waals surface area contributed by atoms with Crippen molar-refractivity contribution in [2.45, 2.75) is 39.0 Å². The number of carboxylic acids is 1. The molecule has 1 aromatic carbocycles. The zero-order valence-electron chi connectivity index (χ0n) is 10.0. The highest BCUT2D eigenvalue weighted by molar-refractivity contribution is 5.70. The molecule has 2 nitrogen and oxygen atoms in total. The lowest BCUT2D eigenvalue weighted by molar-refractivity contribution is -0.142. The van der Waals surface area contributed by atoms with Crippen LogP contribution in [0.25, 0.3) is 0 Å². The molecule has 1 rings (SSSR count). The molecule has 0 fully saturated rings. The molecule has 2 atom stereocenters. The van der Waals surface area contributed by atoms with E-state index in [1.807, 2.05) is 30.3 Å². The quantitative estimate of drug-likeness (QED) is 0.794. The Kier molecular flexibility index (Phi) is 5.03. The number of carboxylic acid groups (broad SMARTS) is 1. The van der Waals surface area contributed by atoms with Crippen LogP contribution in [0.2, 0.25) is 0 Å². The highest BCUT2D eigenvalue weighted by Gasteiger charge is 2.24. The monoisotopic (exact) mass is 220 g/mol. The van der Waals surface area contributed by atoms with Crippen molar-refractivity contribution in [2.24, 2.45) is 5.92 Å². The summed E-state index contributed by atoms with van der Waals surface area (Å²) in [6.45, 7) is 3.93. The maximum absolute atomic E-state index is 11.1. The summed E-state index contributed by atoms with van der Waals surface area (Å²) in [5, 5.41) is 9.11. The average molecular weight is 220 g/mol. The Morgan fingerprint density at radius 2 is 1.94 bits per heavy atom. The Bertz CT molecular complexity index is 319. The summed E-state index contributed by atoms with van der Waals surface area (Å²) in [7, 11) is 0. The van der Waals surface area contributed by atoms with Crippen LogP contribution < -0.4 is 0 Å². The first-order chi connectivity index (χ1) is 7.66. The molecule has 88 valence electrons. The summed E-state index contributed by atoms with van der Waals surface area (Å²) < 4.78 is 0. The number of hydrogen-bond acceptors (Lipinski definition) is 1. The lowest BCUT2D eigenvalue weighted by Crippen LogP contribution is -2.19. The maximum atomic E-state index is 11.1. The first-order valence-electron chi connectivity index (χ1n) is 5.94. The summed E-state index contributed by atoms with van der Waals surface area (Å²) in [6.07, 6.45) is 3.14. The summed E-state index contributed by atoms with van der Waals surface area (Å²) >= 11 is 0. The summed E-state index contributed by atoms with van der Waals surface area (Å²) in [4.78, 5) is 11.1. The SMILES string of the molecule is CCCCC(c1ccccc1)C(C)C(=O)O. The van der Waals surface area contributed by atoms with Crippen molar-refractivity contribution >= 4 is 5.97 Å². The molecular weight excluding hydrogens is 200 g/mol. The second-order valence-corrected chi connectivity index (χ2v) is 4.29. The van der Waals surface area contributed by atoms with Crippen molar-refractivity contribution in [3.8, 4) is 0 Å². The van der Waals surface area contributed by atoms with Gasteiger partial charge in [-0.3, -0.25) is 4.79 Å². The van der Waals surface area contributed by atoms with Crippen LogP contribution in [0.15, 0.2) is 30.3 Å². The van der Waals surface area contributed by atoms with Gasteiger partial charge in [0, 0.05) is 0 Å². The molecule has 0 amide bonds. The third kappa shape index (κ3) is 3.37. The molecule has 0 aromatic heterocycles. The van der Waals surface area contributed by atoms with E-state index in [4.69, 9.17) is 5.11 Å². The van der Waals surface area contributed by atoms with Crippen LogP contribution in [-0.2, 0) is 4.79 Å². The Balaban J connectivity index is 2.83. The standard InChI is InChI=1S/C14H20O2/c1-3-4-10-13(11(2)14(15)16)12-8-6-5-7-9-12/h5-9,11,13H,3-4,10H2,1-2H3,(H,15,16). The molecule has 0 aliphatic heterocycles. The van der Waals surface area contributed by atoms with E-state index >= 15 is 0 Å². The van der Waals surface area contributed by atoms with E-state index in [1.165, 1.54) is 0 Å². The van der Waals surface area contributed by atoms with Crippen molar-refractivity contribution in [1.82, 2.24) is 0 Å². The van der Waals surface area contributed by atoms with Gasteiger partial charge in [-0.05, 0) is 17.9 Å². The van der Waals surface area contributed by atoms with E-state index < -0.39 is 5.97 Å². The zero-order valence-corrected chi connectivity index (χ0v) is 10.0. The largest absolute Gasteiger partial charge is 0.481 e. The van der Waals surface area contributed by atoms with Crippen molar-refractivity contribution in [2.75, 3.05) is 0 Å². The highest BCUT2D eigenvalue weighted by Crippen LogP contribution is 2.29. The Labute approximate surface area is 97.3 Å². The van der Waals surface area contributed by atoms with Gasteiger partial charge in [-0.25, -0.2) is 0 Å². The first kappa shape index (κ1) is 12.8. The second-order valence-electron chi connectivity index (χ2n) is 4.29. The fourth-order valence-corrected chi connectivity index (χ4v) is 2.00. The topological polar surface area (TPSA) is 37.3 Å². The molecule has 1 aromatic rings. The minimum Gasteiger partial charge on any atom is -0.481 e. The molecule has 0 heterocycles. The normalized spacial score (nSPS) is 14.4. The van der Waals surface area contributed by atoms with Gasteiger partial charge >= 0.3 is 5.97 Å². The second kappa shape index (κ2) is 6.31. The molecule has 16 heavy (non-hydrogen) atoms. The van der Waals surface area contributed by atoms with E-state index in [0.29, 0.717) is 0 Å². The van der Waals surface area contributed by atoms with Crippen LogP contribution in [0, 0.1) is 5.92 Å². The van der Waals surface area contributed by atoms with Crippen LogP contribution in [0.5, 0.6) is 0 Å². The molecule has 0 spiro atoms. The Morgan fingerprint density at radius 3 is 2.44 bits per heavy atom. The van der Waals surface area contributed by atoms with Gasteiger partial charge in [0.05, 0.1) is 5.92 Å². The third-order valence-electron chi connectivity index (χ3n) is 3.09. The summed E-state index contributed by atoms with van der Waals surface area (Å²) in [5.74, 6) is -0.877. The van der Waals surface area contributed by atoms with Crippen molar-refractivity contribution in [1.29, 1.82) is 0 Å². The van der Waals surface area contributed by atoms with Gasteiger partial charge in [0.2, 0.25) is 0 Å². The molecule has 0 aliphatic rings. The fraction of sp³-hybridized carbons (Fsp3) is 0.500. The molecule has 0 bridgehead atoms. The molecule has 0 aliphatic carbocycles. The van der Waals surface area contributed by atoms with Crippen LogP contribution in [0.4, 0.5) is 0 Å². The van der Waals surface area contributed by atoms with Crippen molar-refractivity contribution < 1.29 is 9.90 Å². The van der Waals surface area contributed by atoms with Crippen molar-refractivity contribution in [3.05, 3.63) is 35.9 Å². The average Bonchev–Trinajstić information content (AvgIpc) is 2.30. The van der Waals surface area contributed by atoms with Gasteiger partial charge in [0.25, 0.3) is 0 Å². The van der Waals surface area contributed by atoms with Gasteiger partial charge in [0.1, 0.15) is 0 Å². The van der Waals surface area contributed by atoms with E-state index in [0.717, 1.165) is 24.8 Å². The van der Waals surface area contributed by atoms with E-state index in [1.54, 1.807) is 6.92 Å². The van der Waals surface area contributed by atoms with Crippen LogP contribution in [-0.4, -0.2) is 11.1 Å². The van der Waals surface area contributed by atoms with Gasteiger partial charge in [-0.1, -0.05) is 57.0 Å². The number of aliphatic carboxylic acids is 1. The molecule has 0 radical (unpaired) electrons. The molecule has 2 unspecified atom stereocenters. The minimum atomic E-state index is -0.704. The lowest BCUT2D eigenvalue weighted by atomic mass is 9.83. The molecule has 0 saturated heterocycles. The van der Waals surface area contributed by atoms with Gasteiger partial charge < -0.3 is 5.11 Å². The molecule has 1 N–H and O–H groups in total. The number of carbonyl (C=O) groups is 1. The number of hydrogen-bond donors (Lipinski definition) is 1. The minimum absolute atomic E-state index is 0.138. The predicted molar refractivity (Wildman–Crippen MR) is 65.5 cm³/mol. The van der Waals surface area contributed by atoms with Gasteiger partial charge in [-0.15, -0.1) is 0 Å². The van der Waals surface area contributed by atoms with E-state index in [2.05, 4.69) is 6.92 Å². The molecular formula is C14H20O2. The van der Waals surface area contributed by atoms with Crippen LogP contribution in [0.3, 0.4) is 0 Å². The zero-order chi connectivity index (χ0) is 12.0. The summed E-state index contributed by atoms with van der Waals surface area (Å²) in [5.41, 5.74) is 1.14. The van der Waals surface area contributed by atoms with Gasteiger partial charge in [-0.2, -0.15) is 0 Å². The predicted octanol–water partition coefficient (Wildman–Crippen LogP) is 3.68. The van der Waals surface area contributed by atoms with E-state index in [-0.39, 0.29) is 11.8 Å².